The van der Waals surface area contributed by atoms with E-state index in [4.69, 9.17) is 16.1 Å². The Labute approximate surface area is 140 Å². The first kappa shape index (κ1) is 16.0. The number of carbonyl (C=O) groups is 1. The number of hydrogen-bond donors (Lipinski definition) is 1. The van der Waals surface area contributed by atoms with Crippen LogP contribution in [-0.2, 0) is 0 Å². The van der Waals surface area contributed by atoms with Gasteiger partial charge < -0.3 is 9.84 Å². The van der Waals surface area contributed by atoms with E-state index in [0.717, 1.165) is 23.7 Å². The molecule has 1 unspecified atom stereocenters. The summed E-state index contributed by atoms with van der Waals surface area (Å²) in [6.45, 7) is 4.32. The molecule has 1 atom stereocenters. The first-order valence-electron chi connectivity index (χ1n) is 7.85. The highest BCUT2D eigenvalue weighted by Gasteiger charge is 2.26. The average molecular weight is 334 g/mol. The van der Waals surface area contributed by atoms with E-state index in [1.165, 1.54) is 12.8 Å². The van der Waals surface area contributed by atoms with Crippen molar-refractivity contribution in [2.75, 3.05) is 19.6 Å². The third kappa shape index (κ3) is 3.74. The van der Waals surface area contributed by atoms with Crippen molar-refractivity contribution in [1.82, 2.24) is 15.4 Å². The third-order valence-electron chi connectivity index (χ3n) is 4.15. The Balaban J connectivity index is 1.74. The molecule has 0 spiro atoms. The fourth-order valence-electron chi connectivity index (χ4n) is 2.98. The van der Waals surface area contributed by atoms with E-state index in [9.17, 15) is 4.79 Å². The van der Waals surface area contributed by atoms with Crippen LogP contribution in [0, 0.1) is 6.92 Å². The van der Waals surface area contributed by atoms with E-state index >= 15 is 0 Å². The molecule has 1 fully saturated rings. The molecule has 1 aromatic heterocycles. The predicted octanol–water partition coefficient (Wildman–Crippen LogP) is 3.20. The normalized spacial score (nSPS) is 16.4. The summed E-state index contributed by atoms with van der Waals surface area (Å²) in [6.07, 6.45) is 2.35. The molecule has 1 amide bonds. The first-order valence-corrected chi connectivity index (χ1v) is 8.23. The number of likely N-dealkylation sites (tertiary alicyclic amines) is 1. The number of nitrogens with zero attached hydrogens (tertiary/aromatic N) is 2. The number of carbonyl (C=O) groups excluding carboxylic acids is 1. The summed E-state index contributed by atoms with van der Waals surface area (Å²) in [5.41, 5.74) is 1.74. The van der Waals surface area contributed by atoms with E-state index < -0.39 is 0 Å². The number of aromatic nitrogens is 1. The van der Waals surface area contributed by atoms with Crippen LogP contribution in [0.5, 0.6) is 0 Å². The molecule has 2 heterocycles. The number of hydrogen-bond acceptors (Lipinski definition) is 4. The predicted molar refractivity (Wildman–Crippen MR) is 88.6 cm³/mol. The van der Waals surface area contributed by atoms with Crippen LogP contribution in [0.4, 0.5) is 0 Å². The van der Waals surface area contributed by atoms with Gasteiger partial charge in [-0.1, -0.05) is 35.0 Å². The quantitative estimate of drug-likeness (QED) is 0.912. The Morgan fingerprint density at radius 1 is 1.39 bits per heavy atom. The van der Waals surface area contributed by atoms with Crippen LogP contribution in [0.2, 0.25) is 5.02 Å². The molecule has 6 heteroatoms. The standard InChI is InChI=1S/C17H20ClN3O2/c1-12-10-16(23-20-12)17(22)19-11-15(21-8-4-5-9-21)13-6-2-3-7-14(13)18/h2-3,6-7,10,15H,4-5,8-9,11H2,1H3,(H,19,22). The number of amides is 1. The van der Waals surface area contributed by atoms with Crippen LogP contribution in [0.25, 0.3) is 0 Å². The minimum atomic E-state index is -0.248. The van der Waals surface area contributed by atoms with Crippen LogP contribution in [-0.4, -0.2) is 35.6 Å². The van der Waals surface area contributed by atoms with Gasteiger partial charge in [0.15, 0.2) is 0 Å². The van der Waals surface area contributed by atoms with Crippen LogP contribution in [0.3, 0.4) is 0 Å². The molecule has 0 radical (unpaired) electrons. The van der Waals surface area contributed by atoms with Crippen LogP contribution in [0.1, 0.15) is 40.7 Å². The molecule has 1 aromatic carbocycles. The molecule has 23 heavy (non-hydrogen) atoms. The molecule has 1 aliphatic heterocycles. The van der Waals surface area contributed by atoms with Gasteiger partial charge in [-0.05, 0) is 44.5 Å². The monoisotopic (exact) mass is 333 g/mol. The molecule has 0 bridgehead atoms. The zero-order valence-electron chi connectivity index (χ0n) is 13.1. The summed E-state index contributed by atoms with van der Waals surface area (Å²) in [6, 6.07) is 9.52. The van der Waals surface area contributed by atoms with Crippen LogP contribution >= 0.6 is 11.6 Å². The lowest BCUT2D eigenvalue weighted by atomic mass is 10.1. The van der Waals surface area contributed by atoms with Crippen molar-refractivity contribution in [3.05, 3.63) is 52.4 Å². The Bertz CT molecular complexity index is 680. The van der Waals surface area contributed by atoms with Gasteiger partial charge >= 0.3 is 0 Å². The van der Waals surface area contributed by atoms with Crippen LogP contribution < -0.4 is 5.32 Å². The summed E-state index contributed by atoms with van der Waals surface area (Å²) in [7, 11) is 0. The van der Waals surface area contributed by atoms with Gasteiger partial charge in [-0.2, -0.15) is 0 Å². The van der Waals surface area contributed by atoms with Gasteiger partial charge in [0, 0.05) is 17.6 Å². The maximum Gasteiger partial charge on any atom is 0.289 e. The Morgan fingerprint density at radius 3 is 2.78 bits per heavy atom. The minimum absolute atomic E-state index is 0.0687. The Hall–Kier alpha value is -1.85. The molecular formula is C17H20ClN3O2. The average Bonchev–Trinajstić information content (AvgIpc) is 3.21. The molecule has 1 aliphatic rings. The smallest absolute Gasteiger partial charge is 0.289 e. The fraction of sp³-hybridized carbons (Fsp3) is 0.412. The SMILES string of the molecule is Cc1cc(C(=O)NCC(c2ccccc2Cl)N2CCCC2)on1. The van der Waals surface area contributed by atoms with Gasteiger partial charge in [-0.25, -0.2) is 0 Å². The van der Waals surface area contributed by atoms with Crippen molar-refractivity contribution >= 4 is 17.5 Å². The minimum Gasteiger partial charge on any atom is -0.351 e. The van der Waals surface area contributed by atoms with E-state index in [-0.39, 0.29) is 17.7 Å². The highest BCUT2D eigenvalue weighted by Crippen LogP contribution is 2.29. The highest BCUT2D eigenvalue weighted by atomic mass is 35.5. The molecule has 1 N–H and O–H groups in total. The second-order valence-corrected chi connectivity index (χ2v) is 6.23. The largest absolute Gasteiger partial charge is 0.351 e. The van der Waals surface area contributed by atoms with Crippen molar-refractivity contribution in [2.45, 2.75) is 25.8 Å². The molecule has 1 saturated heterocycles. The maximum atomic E-state index is 12.2. The maximum absolute atomic E-state index is 12.2. The summed E-state index contributed by atoms with van der Waals surface area (Å²) in [5.74, 6) is -0.0105. The summed E-state index contributed by atoms with van der Waals surface area (Å²) < 4.78 is 5.01. The molecule has 0 aliphatic carbocycles. The first-order chi connectivity index (χ1) is 11.1. The lowest BCUT2D eigenvalue weighted by Gasteiger charge is -2.28. The molecule has 5 nitrogen and oxygen atoms in total. The highest BCUT2D eigenvalue weighted by molar-refractivity contribution is 6.31. The topological polar surface area (TPSA) is 58.4 Å². The number of nitrogens with one attached hydrogen (secondary N) is 1. The van der Waals surface area contributed by atoms with Crippen molar-refractivity contribution in [3.63, 3.8) is 0 Å². The zero-order valence-corrected chi connectivity index (χ0v) is 13.8. The van der Waals surface area contributed by atoms with Gasteiger partial charge in [0.25, 0.3) is 5.91 Å². The summed E-state index contributed by atoms with van der Waals surface area (Å²) in [4.78, 5) is 14.6. The molecule has 3 rings (SSSR count). The summed E-state index contributed by atoms with van der Waals surface area (Å²) >= 11 is 6.37. The van der Waals surface area contributed by atoms with Crippen molar-refractivity contribution in [2.24, 2.45) is 0 Å². The summed E-state index contributed by atoms with van der Waals surface area (Å²) in [5, 5.41) is 7.42. The third-order valence-corrected chi connectivity index (χ3v) is 4.50. The number of aryl methyl sites for hydroxylation is 1. The number of rotatable bonds is 5. The zero-order chi connectivity index (χ0) is 16.2. The Kier molecular flexibility index (Phi) is 4.98. The van der Waals surface area contributed by atoms with Gasteiger partial charge in [0.1, 0.15) is 0 Å². The fourth-order valence-corrected chi connectivity index (χ4v) is 3.24. The van der Waals surface area contributed by atoms with Crippen molar-refractivity contribution in [3.8, 4) is 0 Å². The van der Waals surface area contributed by atoms with E-state index in [0.29, 0.717) is 12.2 Å². The lowest BCUT2D eigenvalue weighted by Crippen LogP contribution is -2.36. The second kappa shape index (κ2) is 7.15. The van der Waals surface area contributed by atoms with Gasteiger partial charge in [-0.3, -0.25) is 9.69 Å². The van der Waals surface area contributed by atoms with Gasteiger partial charge in [0.2, 0.25) is 5.76 Å². The van der Waals surface area contributed by atoms with E-state index in [1.54, 1.807) is 13.0 Å². The molecular weight excluding hydrogens is 314 g/mol. The Morgan fingerprint density at radius 2 is 2.13 bits per heavy atom. The van der Waals surface area contributed by atoms with Crippen LogP contribution in [0.15, 0.2) is 34.9 Å². The molecule has 0 saturated carbocycles. The molecule has 122 valence electrons. The van der Waals surface area contributed by atoms with Crippen molar-refractivity contribution < 1.29 is 9.32 Å². The van der Waals surface area contributed by atoms with Crippen molar-refractivity contribution in [1.29, 1.82) is 0 Å². The molecule has 2 aromatic rings. The number of halogens is 1. The van der Waals surface area contributed by atoms with Gasteiger partial charge in [0.05, 0.1) is 11.7 Å². The number of benzene rings is 1. The van der Waals surface area contributed by atoms with E-state index in [2.05, 4.69) is 15.4 Å². The van der Waals surface area contributed by atoms with E-state index in [1.807, 2.05) is 24.3 Å². The second-order valence-electron chi connectivity index (χ2n) is 5.82. The lowest BCUT2D eigenvalue weighted by molar-refractivity contribution is 0.0901. The van der Waals surface area contributed by atoms with Gasteiger partial charge in [-0.15, -0.1) is 0 Å².